The number of rotatable bonds is 3. The van der Waals surface area contributed by atoms with E-state index in [0.29, 0.717) is 6.54 Å². The fourth-order valence-electron chi connectivity index (χ4n) is 2.48. The summed E-state index contributed by atoms with van der Waals surface area (Å²) in [7, 11) is 1.33. The van der Waals surface area contributed by atoms with Gasteiger partial charge in [-0.25, -0.2) is 4.79 Å². The van der Waals surface area contributed by atoms with E-state index in [0.717, 1.165) is 30.0 Å². The van der Waals surface area contributed by atoms with Gasteiger partial charge in [0.05, 0.1) is 0 Å². The third kappa shape index (κ3) is 2.60. The van der Waals surface area contributed by atoms with Crippen molar-refractivity contribution in [1.82, 2.24) is 14.9 Å². The predicted octanol–water partition coefficient (Wildman–Crippen LogP) is -1.07. The summed E-state index contributed by atoms with van der Waals surface area (Å²) in [6, 6.07) is 0.00846. The maximum absolute atomic E-state index is 12.1. The third-order valence-electron chi connectivity index (χ3n) is 3.70. The van der Waals surface area contributed by atoms with Crippen molar-refractivity contribution in [2.45, 2.75) is 25.3 Å². The molecule has 2 unspecified atom stereocenters. The number of carbonyl (C=O) groups excluding carboxylic acids is 1. The van der Waals surface area contributed by atoms with Gasteiger partial charge in [-0.15, -0.1) is 0 Å². The molecule has 7 heteroatoms. The fourth-order valence-corrected chi connectivity index (χ4v) is 2.48. The van der Waals surface area contributed by atoms with Crippen LogP contribution in [0.4, 0.5) is 0 Å². The smallest absolute Gasteiger partial charge is 0.328 e. The van der Waals surface area contributed by atoms with Crippen LogP contribution in [0.1, 0.15) is 29.6 Å². The molecule has 0 aliphatic heterocycles. The second-order valence-corrected chi connectivity index (χ2v) is 4.88. The van der Waals surface area contributed by atoms with Crippen LogP contribution in [0.15, 0.2) is 15.8 Å². The molecule has 1 aliphatic rings. The summed E-state index contributed by atoms with van der Waals surface area (Å²) in [6.45, 7) is 0.522. The Bertz CT molecular complexity index is 589. The molecular weight excluding hydrogens is 248 g/mol. The SMILES string of the molecule is Cn1c(=O)[nH]cc(C(=O)NC2CCCC2CN)c1=O. The van der Waals surface area contributed by atoms with Gasteiger partial charge in [-0.2, -0.15) is 0 Å². The monoisotopic (exact) mass is 266 g/mol. The molecule has 0 bridgehead atoms. The minimum atomic E-state index is -0.594. The first kappa shape index (κ1) is 13.5. The van der Waals surface area contributed by atoms with E-state index in [1.54, 1.807) is 0 Å². The molecule has 2 rings (SSSR count). The number of aromatic amines is 1. The lowest BCUT2D eigenvalue weighted by Gasteiger charge is -2.19. The largest absolute Gasteiger partial charge is 0.349 e. The number of amides is 1. The van der Waals surface area contributed by atoms with Crippen LogP contribution in [-0.4, -0.2) is 28.0 Å². The summed E-state index contributed by atoms with van der Waals surface area (Å²) in [4.78, 5) is 37.5. The van der Waals surface area contributed by atoms with Gasteiger partial charge >= 0.3 is 5.69 Å². The standard InChI is InChI=1S/C12H18N4O3/c1-16-11(18)8(6-14-12(16)19)10(17)15-9-4-2-3-7(9)5-13/h6-7,9H,2-5,13H2,1H3,(H,14,19)(H,15,17). The van der Waals surface area contributed by atoms with Crippen molar-refractivity contribution in [1.29, 1.82) is 0 Å². The van der Waals surface area contributed by atoms with Gasteiger partial charge in [0.1, 0.15) is 5.56 Å². The van der Waals surface area contributed by atoms with Crippen LogP contribution in [0.2, 0.25) is 0 Å². The molecule has 1 amide bonds. The lowest BCUT2D eigenvalue weighted by atomic mass is 10.0. The number of nitrogens with zero attached hydrogens (tertiary/aromatic N) is 1. The third-order valence-corrected chi connectivity index (χ3v) is 3.70. The first-order chi connectivity index (χ1) is 9.04. The van der Waals surface area contributed by atoms with E-state index in [1.165, 1.54) is 7.05 Å². The Balaban J connectivity index is 2.19. The summed E-state index contributed by atoms with van der Waals surface area (Å²) in [5.41, 5.74) is 4.46. The normalized spacial score (nSPS) is 22.4. The highest BCUT2D eigenvalue weighted by atomic mass is 16.2. The van der Waals surface area contributed by atoms with Crippen LogP contribution in [0.3, 0.4) is 0 Å². The summed E-state index contributed by atoms with van der Waals surface area (Å²) in [5, 5.41) is 2.83. The lowest BCUT2D eigenvalue weighted by Crippen LogP contribution is -2.44. The molecule has 1 heterocycles. The Morgan fingerprint density at radius 3 is 2.95 bits per heavy atom. The molecule has 4 N–H and O–H groups in total. The van der Waals surface area contributed by atoms with Crippen molar-refractivity contribution in [3.8, 4) is 0 Å². The molecule has 2 atom stereocenters. The topological polar surface area (TPSA) is 110 Å². The van der Waals surface area contributed by atoms with E-state index in [-0.39, 0.29) is 17.5 Å². The van der Waals surface area contributed by atoms with E-state index in [4.69, 9.17) is 5.73 Å². The molecule has 1 fully saturated rings. The minimum absolute atomic E-state index is 0.00846. The molecule has 7 nitrogen and oxygen atoms in total. The van der Waals surface area contributed by atoms with E-state index in [2.05, 4.69) is 10.3 Å². The molecule has 19 heavy (non-hydrogen) atoms. The number of carbonyl (C=O) groups is 1. The van der Waals surface area contributed by atoms with Gasteiger partial charge in [0.2, 0.25) is 0 Å². The maximum Gasteiger partial charge on any atom is 0.328 e. The molecule has 0 spiro atoms. The number of aromatic nitrogens is 2. The van der Waals surface area contributed by atoms with Gasteiger partial charge in [0, 0.05) is 19.3 Å². The second-order valence-electron chi connectivity index (χ2n) is 4.88. The zero-order chi connectivity index (χ0) is 14.0. The summed E-state index contributed by atoms with van der Waals surface area (Å²) in [5.74, 6) is -0.197. The van der Waals surface area contributed by atoms with Crippen LogP contribution >= 0.6 is 0 Å². The van der Waals surface area contributed by atoms with E-state index >= 15 is 0 Å². The van der Waals surface area contributed by atoms with Crippen molar-refractivity contribution in [3.63, 3.8) is 0 Å². The lowest BCUT2D eigenvalue weighted by molar-refractivity contribution is 0.0926. The minimum Gasteiger partial charge on any atom is -0.349 e. The Morgan fingerprint density at radius 2 is 2.26 bits per heavy atom. The van der Waals surface area contributed by atoms with Crippen molar-refractivity contribution in [2.24, 2.45) is 18.7 Å². The summed E-state index contributed by atoms with van der Waals surface area (Å²) >= 11 is 0. The number of nitrogens with two attached hydrogens (primary N) is 1. The molecule has 0 radical (unpaired) electrons. The second kappa shape index (κ2) is 5.40. The molecule has 1 saturated carbocycles. The van der Waals surface area contributed by atoms with Gasteiger partial charge in [-0.05, 0) is 25.3 Å². The Labute approximate surface area is 109 Å². The van der Waals surface area contributed by atoms with Crippen LogP contribution < -0.4 is 22.3 Å². The maximum atomic E-state index is 12.1. The summed E-state index contributed by atoms with van der Waals surface area (Å²) in [6.07, 6.45) is 4.05. The van der Waals surface area contributed by atoms with Gasteiger partial charge in [0.15, 0.2) is 0 Å². The van der Waals surface area contributed by atoms with E-state index in [9.17, 15) is 14.4 Å². The highest BCUT2D eigenvalue weighted by Gasteiger charge is 2.28. The van der Waals surface area contributed by atoms with E-state index in [1.807, 2.05) is 0 Å². The number of hydrogen-bond donors (Lipinski definition) is 3. The highest BCUT2D eigenvalue weighted by Crippen LogP contribution is 2.24. The van der Waals surface area contributed by atoms with Gasteiger partial charge in [0.25, 0.3) is 11.5 Å². The average molecular weight is 266 g/mol. The van der Waals surface area contributed by atoms with Crippen molar-refractivity contribution in [2.75, 3.05) is 6.54 Å². The van der Waals surface area contributed by atoms with Crippen LogP contribution in [0.25, 0.3) is 0 Å². The number of hydrogen-bond acceptors (Lipinski definition) is 4. The van der Waals surface area contributed by atoms with E-state index < -0.39 is 17.2 Å². The summed E-state index contributed by atoms with van der Waals surface area (Å²) < 4.78 is 0.879. The Kier molecular flexibility index (Phi) is 3.84. The van der Waals surface area contributed by atoms with Crippen LogP contribution in [0, 0.1) is 5.92 Å². The van der Waals surface area contributed by atoms with Crippen molar-refractivity contribution >= 4 is 5.91 Å². The predicted molar refractivity (Wildman–Crippen MR) is 70.0 cm³/mol. The zero-order valence-corrected chi connectivity index (χ0v) is 10.8. The van der Waals surface area contributed by atoms with Gasteiger partial charge in [-0.3, -0.25) is 14.2 Å². The van der Waals surface area contributed by atoms with Crippen LogP contribution in [0.5, 0.6) is 0 Å². The van der Waals surface area contributed by atoms with Gasteiger partial charge in [-0.1, -0.05) is 6.42 Å². The van der Waals surface area contributed by atoms with Crippen LogP contribution in [-0.2, 0) is 7.05 Å². The molecule has 1 aromatic rings. The number of H-pyrrole nitrogens is 1. The Hall–Kier alpha value is -1.89. The van der Waals surface area contributed by atoms with Crippen molar-refractivity contribution in [3.05, 3.63) is 32.6 Å². The van der Waals surface area contributed by atoms with Gasteiger partial charge < -0.3 is 16.0 Å². The molecule has 0 saturated heterocycles. The fraction of sp³-hybridized carbons (Fsp3) is 0.583. The molecule has 1 aliphatic carbocycles. The molecule has 104 valence electrons. The zero-order valence-electron chi connectivity index (χ0n) is 10.8. The molecular formula is C12H18N4O3. The average Bonchev–Trinajstić information content (AvgIpc) is 2.83. The quantitative estimate of drug-likeness (QED) is 0.647. The first-order valence-corrected chi connectivity index (χ1v) is 6.34. The first-order valence-electron chi connectivity index (χ1n) is 6.34. The van der Waals surface area contributed by atoms with Crippen molar-refractivity contribution < 1.29 is 4.79 Å². The molecule has 1 aromatic heterocycles. The highest BCUT2D eigenvalue weighted by molar-refractivity contribution is 5.93. The number of nitrogens with one attached hydrogen (secondary N) is 2. The molecule has 0 aromatic carbocycles. The Morgan fingerprint density at radius 1 is 1.53 bits per heavy atom.